The average molecular weight is 477 g/mol. The summed E-state index contributed by atoms with van der Waals surface area (Å²) in [6.07, 6.45) is 0. The molecule has 9 heteroatoms. The van der Waals surface area contributed by atoms with Gasteiger partial charge in [0.15, 0.2) is 0 Å². The zero-order chi connectivity index (χ0) is 12.4. The number of rotatable bonds is 3. The van der Waals surface area contributed by atoms with E-state index in [4.69, 9.17) is 0 Å². The minimum atomic E-state index is -3.58. The van der Waals surface area contributed by atoms with Gasteiger partial charge in [0.2, 0.25) is 11.3 Å². The average Bonchev–Trinajstić information content (AvgIpc) is 2.17. The molecule has 0 aliphatic carbocycles. The van der Waals surface area contributed by atoms with Gasteiger partial charge < -0.3 is 10.1 Å². The zero-order valence-electron chi connectivity index (χ0n) is 8.69. The first kappa shape index (κ1) is 19.2. The summed E-state index contributed by atoms with van der Waals surface area (Å²) in [6.45, 7) is -0.0948. The number of benzene rings is 1. The largest absolute Gasteiger partial charge is 1.00 e. The van der Waals surface area contributed by atoms with Crippen molar-refractivity contribution in [2.24, 2.45) is 0 Å². The van der Waals surface area contributed by atoms with Crippen molar-refractivity contribution in [3.63, 3.8) is 0 Å². The van der Waals surface area contributed by atoms with Gasteiger partial charge in [-0.05, 0) is 65.5 Å². The van der Waals surface area contributed by atoms with Crippen LogP contribution in [0.3, 0.4) is 0 Å². The summed E-state index contributed by atoms with van der Waals surface area (Å²) < 4.78 is 22.4. The number of hydrogen-bond acceptors (Lipinski definition) is 4. The van der Waals surface area contributed by atoms with Crippen LogP contribution in [-0.2, 0) is 21.3 Å². The minimum absolute atomic E-state index is 0. The Morgan fingerprint density at radius 2 is 1.65 bits per heavy atom. The fourth-order valence-electron chi connectivity index (χ4n) is 0.967. The molecule has 0 spiro atoms. The maximum Gasteiger partial charge on any atom is 1.00 e. The molecule has 1 rings (SSSR count). The van der Waals surface area contributed by atoms with Gasteiger partial charge in [-0.15, -0.1) is 0 Å². The molecule has 0 heterocycles. The molecule has 0 unspecified atom stereocenters. The van der Waals surface area contributed by atoms with Crippen molar-refractivity contribution in [1.29, 1.82) is 0 Å². The second kappa shape index (κ2) is 7.82. The summed E-state index contributed by atoms with van der Waals surface area (Å²) in [5.41, 5.74) is 0.610. The summed E-state index contributed by atoms with van der Waals surface area (Å²) in [6, 6.07) is 5.84. The normalized spacial score (nSPS) is 12.0. The molecule has 0 N–H and O–H groups in total. The van der Waals surface area contributed by atoms with Gasteiger partial charge in [-0.1, -0.05) is 12.1 Å². The summed E-state index contributed by atoms with van der Waals surface area (Å²) in [5.74, 6) is 0. The van der Waals surface area contributed by atoms with Gasteiger partial charge in [0, 0.05) is 0 Å². The molecule has 0 aromatic heterocycles. The van der Waals surface area contributed by atoms with Gasteiger partial charge in [-0.25, -0.2) is 8.42 Å². The SMILES string of the molecule is O=S(=O)(c1ccc(CO[O-])cc1)C(Br)(Br)Br.[K+]. The van der Waals surface area contributed by atoms with E-state index in [1.54, 1.807) is 0 Å². The van der Waals surface area contributed by atoms with Crippen LogP contribution in [0, 0.1) is 0 Å². The minimum Gasteiger partial charge on any atom is -0.723 e. The van der Waals surface area contributed by atoms with Crippen molar-refractivity contribution >= 4 is 57.6 Å². The third kappa shape index (κ3) is 5.22. The first-order chi connectivity index (χ1) is 7.29. The van der Waals surface area contributed by atoms with Gasteiger partial charge in [0.1, 0.15) is 0 Å². The van der Waals surface area contributed by atoms with Crippen molar-refractivity contribution in [2.75, 3.05) is 0 Å². The number of alkyl halides is 3. The van der Waals surface area contributed by atoms with Gasteiger partial charge >= 0.3 is 51.4 Å². The van der Waals surface area contributed by atoms with Crippen LogP contribution in [0.25, 0.3) is 0 Å². The van der Waals surface area contributed by atoms with Crippen molar-refractivity contribution in [3.05, 3.63) is 29.8 Å². The molecule has 0 aliphatic heterocycles. The molecule has 0 atom stereocenters. The van der Waals surface area contributed by atoms with E-state index >= 15 is 0 Å². The van der Waals surface area contributed by atoms with E-state index in [2.05, 4.69) is 52.7 Å². The van der Waals surface area contributed by atoms with Crippen molar-refractivity contribution in [2.45, 2.75) is 13.0 Å². The predicted octanol–water partition coefficient (Wildman–Crippen LogP) is -0.948. The first-order valence-electron chi connectivity index (χ1n) is 3.94. The Morgan fingerprint density at radius 3 is 2.00 bits per heavy atom. The molecular weight excluding hydrogens is 471 g/mol. The van der Waals surface area contributed by atoms with Crippen LogP contribution in [0.1, 0.15) is 5.56 Å². The summed E-state index contributed by atoms with van der Waals surface area (Å²) in [7, 11) is -3.58. The number of hydrogen-bond donors (Lipinski definition) is 0. The Balaban J connectivity index is 0.00000256. The molecular formula is C8H6Br3KO4S. The van der Waals surface area contributed by atoms with Crippen LogP contribution in [0.15, 0.2) is 29.2 Å². The van der Waals surface area contributed by atoms with E-state index in [0.717, 1.165) is 0 Å². The fourth-order valence-corrected chi connectivity index (χ4v) is 3.41. The topological polar surface area (TPSA) is 66.4 Å². The van der Waals surface area contributed by atoms with Gasteiger partial charge in [0.25, 0.3) is 0 Å². The Hall–Kier alpha value is 2.17. The molecule has 0 amide bonds. The van der Waals surface area contributed by atoms with E-state index in [9.17, 15) is 13.7 Å². The van der Waals surface area contributed by atoms with E-state index in [0.29, 0.717) is 5.56 Å². The molecule has 17 heavy (non-hydrogen) atoms. The Bertz CT molecular complexity index is 455. The predicted molar refractivity (Wildman–Crippen MR) is 67.9 cm³/mol. The quantitative estimate of drug-likeness (QED) is 0.244. The Labute approximate surface area is 167 Å². The molecule has 4 nitrogen and oxygen atoms in total. The molecule has 90 valence electrons. The fraction of sp³-hybridized carbons (Fsp3) is 0.250. The van der Waals surface area contributed by atoms with Crippen LogP contribution < -0.4 is 56.6 Å². The summed E-state index contributed by atoms with van der Waals surface area (Å²) in [5, 5.41) is 9.90. The number of halogens is 3. The molecule has 1 aromatic carbocycles. The zero-order valence-corrected chi connectivity index (χ0v) is 17.4. The van der Waals surface area contributed by atoms with Crippen molar-refractivity contribution < 1.29 is 69.9 Å². The molecule has 0 bridgehead atoms. The van der Waals surface area contributed by atoms with Crippen LogP contribution in [0.4, 0.5) is 0 Å². The summed E-state index contributed by atoms with van der Waals surface area (Å²) >= 11 is 8.87. The van der Waals surface area contributed by atoms with Gasteiger partial charge in [-0.3, -0.25) is 0 Å². The van der Waals surface area contributed by atoms with E-state index < -0.39 is 11.3 Å². The van der Waals surface area contributed by atoms with Crippen molar-refractivity contribution in [3.8, 4) is 0 Å². The van der Waals surface area contributed by atoms with E-state index in [-0.39, 0.29) is 62.9 Å². The van der Waals surface area contributed by atoms with Gasteiger partial charge in [0.05, 0.1) is 11.5 Å². The third-order valence-corrected chi connectivity index (χ3v) is 7.10. The molecule has 0 fully saturated rings. The second-order valence-electron chi connectivity index (χ2n) is 2.86. The van der Waals surface area contributed by atoms with Crippen LogP contribution >= 0.6 is 47.8 Å². The third-order valence-electron chi connectivity index (χ3n) is 1.76. The van der Waals surface area contributed by atoms with E-state index in [1.165, 1.54) is 24.3 Å². The monoisotopic (exact) mass is 474 g/mol. The Kier molecular flexibility index (Phi) is 8.82. The van der Waals surface area contributed by atoms with Crippen molar-refractivity contribution in [1.82, 2.24) is 0 Å². The van der Waals surface area contributed by atoms with Crippen LogP contribution in [0.5, 0.6) is 0 Å². The number of sulfone groups is 1. The van der Waals surface area contributed by atoms with Gasteiger partial charge in [-0.2, -0.15) is 0 Å². The summed E-state index contributed by atoms with van der Waals surface area (Å²) in [4.78, 5) is 3.81. The molecule has 0 radical (unpaired) electrons. The maximum absolute atomic E-state index is 11.9. The Morgan fingerprint density at radius 1 is 1.18 bits per heavy atom. The van der Waals surface area contributed by atoms with Crippen LogP contribution in [0.2, 0.25) is 0 Å². The maximum atomic E-state index is 11.9. The first-order valence-corrected chi connectivity index (χ1v) is 7.80. The molecule has 0 saturated heterocycles. The smallest absolute Gasteiger partial charge is 0.723 e. The molecule has 0 saturated carbocycles. The molecule has 0 aliphatic rings. The second-order valence-corrected chi connectivity index (χ2v) is 13.3. The van der Waals surface area contributed by atoms with E-state index in [1.807, 2.05) is 0 Å². The molecule has 1 aromatic rings. The standard InChI is InChI=1S/C8H7Br3O4S.K/c9-8(10,11)16(13,14)7-3-1-6(2-4-7)5-15-12;/h1-4,12H,5H2;/q;+1/p-1. The van der Waals surface area contributed by atoms with Crippen LogP contribution in [-0.4, -0.2) is 9.89 Å².